The first-order chi connectivity index (χ1) is 11.9. The zero-order valence-electron chi connectivity index (χ0n) is 14.7. The summed E-state index contributed by atoms with van der Waals surface area (Å²) >= 11 is 0. The van der Waals surface area contributed by atoms with Crippen molar-refractivity contribution in [1.82, 2.24) is 14.0 Å². The summed E-state index contributed by atoms with van der Waals surface area (Å²) in [5.74, 6) is -0.641. The van der Waals surface area contributed by atoms with Crippen molar-refractivity contribution in [2.24, 2.45) is 0 Å². The number of ether oxygens (including phenoxy) is 1. The molecule has 0 aromatic carbocycles. The Kier molecular flexibility index (Phi) is 4.16. The molecule has 0 radical (unpaired) electrons. The molecule has 0 unspecified atom stereocenters. The largest absolute Gasteiger partial charge is 0.465 e. The molecule has 0 aliphatic heterocycles. The Labute approximate surface area is 144 Å². The van der Waals surface area contributed by atoms with Crippen molar-refractivity contribution < 1.29 is 9.53 Å². The fourth-order valence-corrected chi connectivity index (χ4v) is 2.94. The van der Waals surface area contributed by atoms with Crippen molar-refractivity contribution in [3.05, 3.63) is 51.4 Å². The first-order valence-corrected chi connectivity index (χ1v) is 8.10. The molecule has 3 heterocycles. The molecular formula is C18H20N4O3. The van der Waals surface area contributed by atoms with E-state index in [0.717, 1.165) is 12.0 Å². The van der Waals surface area contributed by atoms with Crippen LogP contribution in [-0.2, 0) is 4.74 Å². The molecule has 3 rings (SSSR count). The normalized spacial score (nSPS) is 12.5. The summed E-state index contributed by atoms with van der Waals surface area (Å²) in [4.78, 5) is 29.7. The number of rotatable bonds is 3. The van der Waals surface area contributed by atoms with Crippen LogP contribution in [0.25, 0.3) is 16.7 Å². The molecule has 0 aliphatic rings. The molecule has 0 amide bonds. The summed E-state index contributed by atoms with van der Waals surface area (Å²) in [6, 6.07) is 4.97. The minimum Gasteiger partial charge on any atom is -0.465 e. The van der Waals surface area contributed by atoms with Gasteiger partial charge in [-0.2, -0.15) is 0 Å². The highest BCUT2D eigenvalue weighted by atomic mass is 16.5. The predicted molar refractivity (Wildman–Crippen MR) is 93.9 cm³/mol. The quantitative estimate of drug-likeness (QED) is 0.585. The number of hydrogen-bond acceptors (Lipinski definition) is 5. The zero-order valence-corrected chi connectivity index (χ0v) is 14.7. The minimum absolute atomic E-state index is 0.00136. The SMILES string of the molecule is CC[C@@H](C)n1c(=N)c(C(=O)OC)cc2c(=O)n3cccc(C)c3nc21. The van der Waals surface area contributed by atoms with Crippen molar-refractivity contribution >= 4 is 22.6 Å². The van der Waals surface area contributed by atoms with E-state index in [-0.39, 0.29) is 22.7 Å². The molecule has 0 saturated heterocycles. The van der Waals surface area contributed by atoms with Gasteiger partial charge in [0.1, 0.15) is 22.3 Å². The third-order valence-corrected chi connectivity index (χ3v) is 4.51. The van der Waals surface area contributed by atoms with Crippen molar-refractivity contribution in [2.75, 3.05) is 7.11 Å². The molecule has 0 aliphatic carbocycles. The maximum Gasteiger partial charge on any atom is 0.341 e. The third-order valence-electron chi connectivity index (χ3n) is 4.51. The maximum absolute atomic E-state index is 13.0. The van der Waals surface area contributed by atoms with Gasteiger partial charge < -0.3 is 9.30 Å². The van der Waals surface area contributed by atoms with Crippen LogP contribution in [0.3, 0.4) is 0 Å². The maximum atomic E-state index is 13.0. The lowest BCUT2D eigenvalue weighted by atomic mass is 10.1. The first-order valence-electron chi connectivity index (χ1n) is 8.10. The average molecular weight is 340 g/mol. The molecule has 0 fully saturated rings. The number of carbonyl (C=O) groups is 1. The van der Waals surface area contributed by atoms with Crippen LogP contribution >= 0.6 is 0 Å². The molecule has 130 valence electrons. The van der Waals surface area contributed by atoms with E-state index >= 15 is 0 Å². The van der Waals surface area contributed by atoms with E-state index in [1.165, 1.54) is 17.6 Å². The van der Waals surface area contributed by atoms with E-state index in [1.54, 1.807) is 16.8 Å². The Balaban J connectivity index is 2.60. The van der Waals surface area contributed by atoms with Crippen LogP contribution in [0, 0.1) is 12.3 Å². The second-order valence-electron chi connectivity index (χ2n) is 6.06. The Hall–Kier alpha value is -2.96. The highest BCUT2D eigenvalue weighted by molar-refractivity contribution is 5.93. The van der Waals surface area contributed by atoms with Crippen LogP contribution in [0.2, 0.25) is 0 Å². The lowest BCUT2D eigenvalue weighted by Crippen LogP contribution is -2.32. The van der Waals surface area contributed by atoms with Gasteiger partial charge in [0.15, 0.2) is 0 Å². The molecule has 7 heteroatoms. The summed E-state index contributed by atoms with van der Waals surface area (Å²) in [7, 11) is 1.26. The number of aryl methyl sites for hydroxylation is 1. The highest BCUT2D eigenvalue weighted by Crippen LogP contribution is 2.17. The second kappa shape index (κ2) is 6.16. The van der Waals surface area contributed by atoms with Crippen LogP contribution in [0.15, 0.2) is 29.2 Å². The number of nitrogens with zero attached hydrogens (tertiary/aromatic N) is 3. The van der Waals surface area contributed by atoms with Crippen LogP contribution in [0.1, 0.15) is 42.2 Å². The molecule has 7 nitrogen and oxygen atoms in total. The average Bonchev–Trinajstić information content (AvgIpc) is 2.61. The van der Waals surface area contributed by atoms with Crippen molar-refractivity contribution in [3.8, 4) is 0 Å². The van der Waals surface area contributed by atoms with E-state index in [9.17, 15) is 9.59 Å². The van der Waals surface area contributed by atoms with E-state index in [2.05, 4.69) is 4.98 Å². The lowest BCUT2D eigenvalue weighted by Gasteiger charge is -2.19. The summed E-state index contributed by atoms with van der Waals surface area (Å²) in [5, 5.41) is 8.73. The van der Waals surface area contributed by atoms with Gasteiger partial charge in [-0.3, -0.25) is 14.6 Å². The van der Waals surface area contributed by atoms with Gasteiger partial charge in [0, 0.05) is 12.2 Å². The van der Waals surface area contributed by atoms with Crippen molar-refractivity contribution in [3.63, 3.8) is 0 Å². The fourth-order valence-electron chi connectivity index (χ4n) is 2.94. The summed E-state index contributed by atoms with van der Waals surface area (Å²) in [6.45, 7) is 5.79. The topological polar surface area (TPSA) is 89.5 Å². The Morgan fingerprint density at radius 2 is 2.12 bits per heavy atom. The van der Waals surface area contributed by atoms with Gasteiger partial charge in [-0.25, -0.2) is 9.78 Å². The standard InChI is InChI=1S/C18H20N4O3/c1-5-11(3)22-14(19)12(18(24)25-4)9-13-16(22)20-15-10(2)7-6-8-21(15)17(13)23/h6-9,11,19H,5H2,1-4H3/t11-/m1/s1. The van der Waals surface area contributed by atoms with Crippen molar-refractivity contribution in [2.45, 2.75) is 33.2 Å². The van der Waals surface area contributed by atoms with Crippen LogP contribution < -0.4 is 11.0 Å². The Morgan fingerprint density at radius 3 is 2.76 bits per heavy atom. The molecule has 3 aromatic heterocycles. The predicted octanol–water partition coefficient (Wildman–Crippen LogP) is 2.19. The number of carbonyl (C=O) groups excluding carboxylic acids is 1. The van der Waals surface area contributed by atoms with E-state index < -0.39 is 5.97 Å². The number of esters is 1. The molecule has 0 bridgehead atoms. The minimum atomic E-state index is -0.641. The fraction of sp³-hybridized carbons (Fsp3) is 0.333. The number of hydrogen-bond donors (Lipinski definition) is 1. The number of pyridine rings is 2. The number of fused-ring (bicyclic) bond motifs is 2. The molecular weight excluding hydrogens is 320 g/mol. The molecule has 1 atom stereocenters. The third kappa shape index (κ3) is 2.52. The van der Waals surface area contributed by atoms with E-state index in [1.807, 2.05) is 26.8 Å². The number of nitrogens with one attached hydrogen (secondary N) is 1. The van der Waals surface area contributed by atoms with Gasteiger partial charge in [0.25, 0.3) is 5.56 Å². The van der Waals surface area contributed by atoms with Gasteiger partial charge in [0.2, 0.25) is 0 Å². The van der Waals surface area contributed by atoms with Crippen molar-refractivity contribution in [1.29, 1.82) is 5.41 Å². The van der Waals surface area contributed by atoms with Gasteiger partial charge in [-0.1, -0.05) is 13.0 Å². The van der Waals surface area contributed by atoms with Crippen LogP contribution in [0.4, 0.5) is 0 Å². The molecule has 25 heavy (non-hydrogen) atoms. The van der Waals surface area contributed by atoms with Gasteiger partial charge in [-0.05, 0) is 38.0 Å². The van der Waals surface area contributed by atoms with Gasteiger partial charge in [-0.15, -0.1) is 0 Å². The molecule has 1 N–H and O–H groups in total. The number of aromatic nitrogens is 3. The number of methoxy groups -OCH3 is 1. The summed E-state index contributed by atoms with van der Waals surface area (Å²) in [5.41, 5.74) is 1.60. The van der Waals surface area contributed by atoms with E-state index in [0.29, 0.717) is 16.7 Å². The smallest absolute Gasteiger partial charge is 0.341 e. The highest BCUT2D eigenvalue weighted by Gasteiger charge is 2.20. The van der Waals surface area contributed by atoms with Gasteiger partial charge >= 0.3 is 5.97 Å². The van der Waals surface area contributed by atoms with E-state index in [4.69, 9.17) is 10.1 Å². The molecule has 3 aromatic rings. The monoisotopic (exact) mass is 340 g/mol. The van der Waals surface area contributed by atoms with Crippen LogP contribution in [-0.4, -0.2) is 27.0 Å². The van der Waals surface area contributed by atoms with Gasteiger partial charge in [0.05, 0.1) is 12.5 Å². The second-order valence-corrected chi connectivity index (χ2v) is 6.06. The Morgan fingerprint density at radius 1 is 1.40 bits per heavy atom. The summed E-state index contributed by atoms with van der Waals surface area (Å²) < 4.78 is 7.88. The zero-order chi connectivity index (χ0) is 18.3. The lowest BCUT2D eigenvalue weighted by molar-refractivity contribution is 0.0597. The molecule has 0 saturated carbocycles. The Bertz CT molecular complexity index is 1110. The summed E-state index contributed by atoms with van der Waals surface area (Å²) in [6.07, 6.45) is 2.38. The van der Waals surface area contributed by atoms with Crippen LogP contribution in [0.5, 0.6) is 0 Å². The molecule has 0 spiro atoms. The first kappa shape index (κ1) is 16.9.